The maximum atomic E-state index is 5.85. The Kier molecular flexibility index (Phi) is 5.41. The summed E-state index contributed by atoms with van der Waals surface area (Å²) in [6, 6.07) is 10.1. The molecule has 0 fully saturated rings. The molecule has 1 heterocycles. The molecule has 0 bridgehead atoms. The zero-order valence-electron chi connectivity index (χ0n) is 11.8. The van der Waals surface area contributed by atoms with Gasteiger partial charge in [0, 0.05) is 17.5 Å². The molecule has 4 heteroatoms. The average Bonchev–Trinajstić information content (AvgIpc) is 2.78. The van der Waals surface area contributed by atoms with Crippen molar-refractivity contribution in [2.24, 2.45) is 11.7 Å². The Labute approximate surface area is 121 Å². The molecule has 0 saturated carbocycles. The van der Waals surface area contributed by atoms with Crippen molar-refractivity contribution >= 4 is 23.4 Å². The molecule has 1 aromatic heterocycles. The monoisotopic (exact) mass is 282 g/mol. The van der Waals surface area contributed by atoms with E-state index in [9.17, 15) is 0 Å². The van der Waals surface area contributed by atoms with E-state index in [1.54, 1.807) is 0 Å². The summed E-state index contributed by atoms with van der Waals surface area (Å²) in [4.78, 5) is 0. The molecule has 0 aliphatic carbocycles. The molecule has 3 N–H and O–H groups in total. The number of fused-ring (bicyclic) bond motifs is 1. The van der Waals surface area contributed by atoms with Crippen LogP contribution in [0, 0.1) is 5.92 Å². The summed E-state index contributed by atoms with van der Waals surface area (Å²) in [5, 5.41) is 4.65. The Morgan fingerprint density at radius 2 is 2.00 bits per heavy atom. The highest BCUT2D eigenvalue weighted by atomic mass is 35.5. The number of para-hydroxylation sites is 1. The van der Waals surface area contributed by atoms with Crippen LogP contribution in [0.5, 0.6) is 0 Å². The maximum Gasteiger partial charge on any atom is 0.134 e. The highest BCUT2D eigenvalue weighted by Crippen LogP contribution is 2.20. The Hall–Kier alpha value is -1.03. The Balaban J connectivity index is 0.00000180. The summed E-state index contributed by atoms with van der Waals surface area (Å²) < 4.78 is 5.78. The first-order chi connectivity index (χ1) is 8.55. The van der Waals surface area contributed by atoms with Crippen molar-refractivity contribution < 1.29 is 4.42 Å². The van der Waals surface area contributed by atoms with Gasteiger partial charge in [-0.15, -0.1) is 12.4 Å². The van der Waals surface area contributed by atoms with Crippen LogP contribution in [0.25, 0.3) is 11.0 Å². The number of hydrogen-bond acceptors (Lipinski definition) is 3. The molecule has 1 atom stereocenters. The molecule has 2 rings (SSSR count). The van der Waals surface area contributed by atoms with E-state index in [0.717, 1.165) is 16.7 Å². The summed E-state index contributed by atoms with van der Waals surface area (Å²) in [5.41, 5.74) is 6.74. The van der Waals surface area contributed by atoms with Crippen molar-refractivity contribution in [1.29, 1.82) is 0 Å². The molecule has 0 saturated heterocycles. The summed E-state index contributed by atoms with van der Waals surface area (Å²) >= 11 is 0. The second-order valence-corrected chi connectivity index (χ2v) is 5.38. The summed E-state index contributed by atoms with van der Waals surface area (Å²) in [5.74, 6) is 1.43. The van der Waals surface area contributed by atoms with Crippen LogP contribution >= 0.6 is 12.4 Å². The van der Waals surface area contributed by atoms with Crippen LogP contribution in [0.15, 0.2) is 34.7 Å². The smallest absolute Gasteiger partial charge is 0.134 e. The molecule has 0 aliphatic rings. The molecule has 3 nitrogen and oxygen atoms in total. The van der Waals surface area contributed by atoms with Crippen molar-refractivity contribution in [2.75, 3.05) is 6.54 Å². The maximum absolute atomic E-state index is 5.85. The fraction of sp³-hybridized carbons (Fsp3) is 0.467. The molecular formula is C15H23ClN2O. The third kappa shape index (κ3) is 3.50. The molecule has 0 spiro atoms. The number of benzene rings is 1. The van der Waals surface area contributed by atoms with Crippen LogP contribution < -0.4 is 11.1 Å². The van der Waals surface area contributed by atoms with E-state index < -0.39 is 0 Å². The van der Waals surface area contributed by atoms with Gasteiger partial charge in [0.15, 0.2) is 0 Å². The predicted octanol–water partition coefficient (Wildman–Crippen LogP) is 3.32. The Bertz CT molecular complexity index is 491. The Morgan fingerprint density at radius 3 is 2.58 bits per heavy atom. The minimum atomic E-state index is -0.0566. The van der Waals surface area contributed by atoms with Crippen LogP contribution in [0.3, 0.4) is 0 Å². The lowest BCUT2D eigenvalue weighted by Crippen LogP contribution is -2.52. The second kappa shape index (κ2) is 6.42. The summed E-state index contributed by atoms with van der Waals surface area (Å²) in [7, 11) is 0. The Morgan fingerprint density at radius 1 is 1.32 bits per heavy atom. The molecule has 0 aliphatic heterocycles. The van der Waals surface area contributed by atoms with Gasteiger partial charge in [0.25, 0.3) is 0 Å². The van der Waals surface area contributed by atoms with E-state index in [1.807, 2.05) is 18.2 Å². The van der Waals surface area contributed by atoms with Gasteiger partial charge in [-0.1, -0.05) is 32.0 Å². The number of nitrogens with one attached hydrogen (secondary N) is 1. The molecule has 0 amide bonds. The number of rotatable bonds is 5. The van der Waals surface area contributed by atoms with Gasteiger partial charge in [-0.05, 0) is 25.0 Å². The highest BCUT2D eigenvalue weighted by molar-refractivity contribution is 5.85. The van der Waals surface area contributed by atoms with Gasteiger partial charge >= 0.3 is 0 Å². The molecule has 106 valence electrons. The SMILES string of the molecule is CC(C)C(C)(CN)NCc1cc2ccccc2o1.Cl. The van der Waals surface area contributed by atoms with Crippen LogP contribution in [0.2, 0.25) is 0 Å². The second-order valence-electron chi connectivity index (χ2n) is 5.38. The molecule has 19 heavy (non-hydrogen) atoms. The van der Waals surface area contributed by atoms with E-state index in [0.29, 0.717) is 19.0 Å². The lowest BCUT2D eigenvalue weighted by atomic mass is 9.88. The molecular weight excluding hydrogens is 260 g/mol. The predicted molar refractivity (Wildman–Crippen MR) is 82.6 cm³/mol. The summed E-state index contributed by atoms with van der Waals surface area (Å²) in [6.07, 6.45) is 0. The van der Waals surface area contributed by atoms with Crippen molar-refractivity contribution in [1.82, 2.24) is 5.32 Å². The largest absolute Gasteiger partial charge is 0.460 e. The average molecular weight is 283 g/mol. The van der Waals surface area contributed by atoms with E-state index in [4.69, 9.17) is 10.2 Å². The topological polar surface area (TPSA) is 51.2 Å². The lowest BCUT2D eigenvalue weighted by Gasteiger charge is -2.33. The van der Waals surface area contributed by atoms with Crippen molar-refractivity contribution in [3.05, 3.63) is 36.1 Å². The number of halogens is 1. The standard InChI is InChI=1S/C15H22N2O.ClH/c1-11(2)15(3,10-16)17-9-13-8-12-6-4-5-7-14(12)18-13;/h4-8,11,17H,9-10,16H2,1-3H3;1H. The molecule has 1 aromatic carbocycles. The van der Waals surface area contributed by atoms with Crippen LogP contribution in [0.1, 0.15) is 26.5 Å². The third-order valence-corrected chi connectivity index (χ3v) is 3.84. The van der Waals surface area contributed by atoms with Crippen LogP contribution in [0.4, 0.5) is 0 Å². The van der Waals surface area contributed by atoms with Gasteiger partial charge in [-0.3, -0.25) is 0 Å². The van der Waals surface area contributed by atoms with E-state index in [2.05, 4.69) is 38.2 Å². The van der Waals surface area contributed by atoms with Gasteiger partial charge < -0.3 is 15.5 Å². The van der Waals surface area contributed by atoms with Gasteiger partial charge in [-0.2, -0.15) is 0 Å². The lowest BCUT2D eigenvalue weighted by molar-refractivity contribution is 0.259. The molecule has 2 aromatic rings. The number of furan rings is 1. The fourth-order valence-electron chi connectivity index (χ4n) is 1.93. The van der Waals surface area contributed by atoms with E-state index in [1.165, 1.54) is 0 Å². The fourth-order valence-corrected chi connectivity index (χ4v) is 1.93. The highest BCUT2D eigenvalue weighted by Gasteiger charge is 2.26. The molecule has 0 radical (unpaired) electrons. The van der Waals surface area contributed by atoms with Gasteiger partial charge in [-0.25, -0.2) is 0 Å². The minimum absolute atomic E-state index is 0. The van der Waals surface area contributed by atoms with Gasteiger partial charge in [0.2, 0.25) is 0 Å². The van der Waals surface area contributed by atoms with E-state index >= 15 is 0 Å². The van der Waals surface area contributed by atoms with Gasteiger partial charge in [0.1, 0.15) is 11.3 Å². The number of nitrogens with two attached hydrogens (primary N) is 1. The first-order valence-electron chi connectivity index (χ1n) is 6.48. The first kappa shape index (κ1) is 16.0. The quantitative estimate of drug-likeness (QED) is 0.884. The zero-order valence-corrected chi connectivity index (χ0v) is 12.6. The van der Waals surface area contributed by atoms with Crippen molar-refractivity contribution in [2.45, 2.75) is 32.9 Å². The zero-order chi connectivity index (χ0) is 13.2. The summed E-state index contributed by atoms with van der Waals surface area (Å²) in [6.45, 7) is 7.84. The number of hydrogen-bond donors (Lipinski definition) is 2. The van der Waals surface area contributed by atoms with Crippen molar-refractivity contribution in [3.8, 4) is 0 Å². The van der Waals surface area contributed by atoms with E-state index in [-0.39, 0.29) is 17.9 Å². The van der Waals surface area contributed by atoms with Gasteiger partial charge in [0.05, 0.1) is 6.54 Å². The van der Waals surface area contributed by atoms with Crippen LogP contribution in [-0.4, -0.2) is 12.1 Å². The minimum Gasteiger partial charge on any atom is -0.460 e. The third-order valence-electron chi connectivity index (χ3n) is 3.84. The molecule has 1 unspecified atom stereocenters. The first-order valence-corrected chi connectivity index (χ1v) is 6.48. The van der Waals surface area contributed by atoms with Crippen molar-refractivity contribution in [3.63, 3.8) is 0 Å². The van der Waals surface area contributed by atoms with Crippen LogP contribution in [-0.2, 0) is 6.54 Å². The normalized spacial score (nSPS) is 14.4.